The predicted octanol–water partition coefficient (Wildman–Crippen LogP) is 3.01. The molecule has 0 amide bonds. The number of piperidine rings is 1. The normalized spacial score (nSPS) is 18.2. The van der Waals surface area contributed by atoms with Crippen molar-refractivity contribution in [3.8, 4) is 0 Å². The van der Waals surface area contributed by atoms with Crippen molar-refractivity contribution in [1.82, 2.24) is 20.7 Å². The van der Waals surface area contributed by atoms with E-state index >= 15 is 0 Å². The Labute approximate surface area is 172 Å². The molecule has 0 spiro atoms. The maximum absolute atomic E-state index is 4.86. The van der Waals surface area contributed by atoms with Crippen molar-refractivity contribution in [3.63, 3.8) is 0 Å². The molecule has 1 atom stereocenters. The van der Waals surface area contributed by atoms with E-state index in [4.69, 9.17) is 4.52 Å². The lowest BCUT2D eigenvalue weighted by molar-refractivity contribution is 0.192. The van der Waals surface area contributed by atoms with Crippen LogP contribution in [0.3, 0.4) is 0 Å². The molecule has 0 bridgehead atoms. The average molecular weight is 469 g/mol. The average Bonchev–Trinajstić information content (AvgIpc) is 3.15. The van der Waals surface area contributed by atoms with Crippen LogP contribution in [0.5, 0.6) is 0 Å². The van der Waals surface area contributed by atoms with E-state index in [1.807, 2.05) is 6.07 Å². The van der Waals surface area contributed by atoms with Gasteiger partial charge in [-0.1, -0.05) is 35.5 Å². The Morgan fingerprint density at radius 1 is 1.31 bits per heavy atom. The van der Waals surface area contributed by atoms with Gasteiger partial charge in [-0.15, -0.1) is 24.0 Å². The van der Waals surface area contributed by atoms with Crippen molar-refractivity contribution in [1.29, 1.82) is 0 Å². The largest absolute Gasteiger partial charge is 0.364 e. The highest BCUT2D eigenvalue weighted by atomic mass is 127. The Hall–Kier alpha value is -1.61. The van der Waals surface area contributed by atoms with E-state index in [2.05, 4.69) is 62.9 Å². The van der Waals surface area contributed by atoms with E-state index < -0.39 is 0 Å². The second-order valence-corrected chi connectivity index (χ2v) is 6.39. The number of nitrogens with zero attached hydrogens (tertiary/aromatic N) is 3. The Morgan fingerprint density at radius 3 is 2.88 bits per heavy atom. The van der Waals surface area contributed by atoms with E-state index in [0.29, 0.717) is 12.6 Å². The number of nitrogens with one attached hydrogen (secondary N) is 2. The summed E-state index contributed by atoms with van der Waals surface area (Å²) in [6, 6.07) is 12.9. The molecule has 3 rings (SSSR count). The minimum absolute atomic E-state index is 0. The van der Waals surface area contributed by atoms with Crippen LogP contribution >= 0.6 is 24.0 Å². The number of guanidine groups is 1. The van der Waals surface area contributed by atoms with E-state index in [0.717, 1.165) is 37.8 Å². The van der Waals surface area contributed by atoms with Crippen molar-refractivity contribution in [2.24, 2.45) is 4.99 Å². The molecular formula is C19H28IN5O. The predicted molar refractivity (Wildman–Crippen MR) is 115 cm³/mol. The van der Waals surface area contributed by atoms with Gasteiger partial charge in [0.2, 0.25) is 0 Å². The van der Waals surface area contributed by atoms with Gasteiger partial charge < -0.3 is 15.2 Å². The van der Waals surface area contributed by atoms with Crippen molar-refractivity contribution in [3.05, 3.63) is 53.9 Å². The molecule has 0 aliphatic carbocycles. The molecule has 142 valence electrons. The highest BCUT2D eigenvalue weighted by Crippen LogP contribution is 2.13. The number of aromatic nitrogens is 1. The molecule has 1 aliphatic rings. The summed E-state index contributed by atoms with van der Waals surface area (Å²) in [5.74, 6) is 0.845. The Morgan fingerprint density at radius 2 is 2.15 bits per heavy atom. The van der Waals surface area contributed by atoms with Crippen LogP contribution in [0.1, 0.15) is 31.0 Å². The first-order valence-corrected chi connectivity index (χ1v) is 9.04. The zero-order valence-electron chi connectivity index (χ0n) is 15.2. The fourth-order valence-corrected chi connectivity index (χ4v) is 3.15. The van der Waals surface area contributed by atoms with E-state index in [1.165, 1.54) is 18.4 Å². The van der Waals surface area contributed by atoms with Gasteiger partial charge in [0.1, 0.15) is 12.0 Å². The fraction of sp³-hybridized carbons (Fsp3) is 0.474. The lowest BCUT2D eigenvalue weighted by atomic mass is 10.0. The van der Waals surface area contributed by atoms with Crippen molar-refractivity contribution < 1.29 is 4.52 Å². The Kier molecular flexibility index (Phi) is 8.90. The molecule has 2 heterocycles. The second-order valence-electron chi connectivity index (χ2n) is 6.39. The first-order chi connectivity index (χ1) is 12.3. The first-order valence-electron chi connectivity index (χ1n) is 9.04. The molecular weight excluding hydrogens is 441 g/mol. The van der Waals surface area contributed by atoms with Crippen LogP contribution in [0.4, 0.5) is 0 Å². The van der Waals surface area contributed by atoms with Gasteiger partial charge in [-0.2, -0.15) is 0 Å². The van der Waals surface area contributed by atoms with Gasteiger partial charge >= 0.3 is 0 Å². The molecule has 1 aliphatic heterocycles. The summed E-state index contributed by atoms with van der Waals surface area (Å²) in [4.78, 5) is 7.12. The van der Waals surface area contributed by atoms with Crippen LogP contribution in [0.15, 0.2) is 52.2 Å². The first kappa shape index (κ1) is 20.7. The number of hydrogen-bond acceptors (Lipinski definition) is 4. The molecule has 1 fully saturated rings. The van der Waals surface area contributed by atoms with Crippen molar-refractivity contribution >= 4 is 29.9 Å². The summed E-state index contributed by atoms with van der Waals surface area (Å²) in [5.41, 5.74) is 2.21. The van der Waals surface area contributed by atoms with Gasteiger partial charge in [0.25, 0.3) is 0 Å². The van der Waals surface area contributed by atoms with Gasteiger partial charge in [0.15, 0.2) is 5.96 Å². The monoisotopic (exact) mass is 469 g/mol. The minimum atomic E-state index is 0. The van der Waals surface area contributed by atoms with Crippen LogP contribution in [0, 0.1) is 0 Å². The molecule has 0 saturated carbocycles. The van der Waals surface area contributed by atoms with Gasteiger partial charge in [-0.3, -0.25) is 4.90 Å². The zero-order chi connectivity index (χ0) is 17.3. The third-order valence-electron chi connectivity index (χ3n) is 4.33. The summed E-state index contributed by atoms with van der Waals surface area (Å²) < 4.78 is 4.86. The summed E-state index contributed by atoms with van der Waals surface area (Å²) in [6.45, 7) is 6.63. The van der Waals surface area contributed by atoms with Gasteiger partial charge in [-0.25, -0.2) is 4.99 Å². The van der Waals surface area contributed by atoms with Gasteiger partial charge in [0, 0.05) is 31.7 Å². The van der Waals surface area contributed by atoms with Crippen LogP contribution in [0.2, 0.25) is 0 Å². The molecule has 7 heteroatoms. The third kappa shape index (κ3) is 6.60. The fourth-order valence-electron chi connectivity index (χ4n) is 3.15. The maximum Gasteiger partial charge on any atom is 0.191 e. The molecule has 1 unspecified atom stereocenters. The smallest absolute Gasteiger partial charge is 0.191 e. The molecule has 1 aromatic heterocycles. The summed E-state index contributed by atoms with van der Waals surface area (Å²) in [5, 5.41) is 10.8. The highest BCUT2D eigenvalue weighted by Gasteiger charge is 2.20. The molecule has 6 nitrogen and oxygen atoms in total. The topological polar surface area (TPSA) is 65.7 Å². The molecule has 0 radical (unpaired) electrons. The van der Waals surface area contributed by atoms with E-state index in [-0.39, 0.29) is 24.0 Å². The van der Waals surface area contributed by atoms with Crippen molar-refractivity contribution in [2.75, 3.05) is 19.6 Å². The summed E-state index contributed by atoms with van der Waals surface area (Å²) >= 11 is 0. The standard InChI is InChI=1S/C19H27N5O.HI/c1-2-20-19(21-13-17-10-12-25-23-17)22-18-9-6-11-24(15-18)14-16-7-4-3-5-8-16;/h3-5,7-8,10,12,18H,2,6,9,11,13-15H2,1H3,(H2,20,21,22);1H. The van der Waals surface area contributed by atoms with Crippen LogP contribution in [0.25, 0.3) is 0 Å². The summed E-state index contributed by atoms with van der Waals surface area (Å²) in [6.07, 6.45) is 3.95. The number of hydrogen-bond donors (Lipinski definition) is 2. The Balaban J connectivity index is 0.00000243. The number of likely N-dealkylation sites (tertiary alicyclic amines) is 1. The number of rotatable bonds is 6. The SMILES string of the molecule is CCNC(=NCc1ccon1)NC1CCCN(Cc2ccccc2)C1.I. The minimum Gasteiger partial charge on any atom is -0.364 e. The van der Waals surface area contributed by atoms with Crippen LogP contribution in [-0.2, 0) is 13.1 Å². The number of halogens is 1. The van der Waals surface area contributed by atoms with Gasteiger partial charge in [0.05, 0.1) is 6.54 Å². The van der Waals surface area contributed by atoms with Crippen LogP contribution in [-0.4, -0.2) is 41.7 Å². The number of benzene rings is 1. The third-order valence-corrected chi connectivity index (χ3v) is 4.33. The summed E-state index contributed by atoms with van der Waals surface area (Å²) in [7, 11) is 0. The lowest BCUT2D eigenvalue weighted by Gasteiger charge is -2.34. The lowest BCUT2D eigenvalue weighted by Crippen LogP contribution is -2.51. The molecule has 2 aromatic rings. The van der Waals surface area contributed by atoms with Gasteiger partial charge in [-0.05, 0) is 31.9 Å². The molecule has 26 heavy (non-hydrogen) atoms. The number of aliphatic imine (C=N–C) groups is 1. The van der Waals surface area contributed by atoms with Crippen molar-refractivity contribution in [2.45, 2.75) is 38.9 Å². The quantitative estimate of drug-likeness (QED) is 0.387. The molecule has 1 aromatic carbocycles. The van der Waals surface area contributed by atoms with Crippen LogP contribution < -0.4 is 10.6 Å². The maximum atomic E-state index is 4.86. The Bertz CT molecular complexity index is 647. The zero-order valence-corrected chi connectivity index (χ0v) is 17.6. The molecule has 1 saturated heterocycles. The van der Waals surface area contributed by atoms with E-state index in [1.54, 1.807) is 6.26 Å². The second kappa shape index (κ2) is 11.2. The highest BCUT2D eigenvalue weighted by molar-refractivity contribution is 14.0. The van der Waals surface area contributed by atoms with E-state index in [9.17, 15) is 0 Å². The molecule has 2 N–H and O–H groups in total.